The van der Waals surface area contributed by atoms with E-state index >= 15 is 0 Å². The van der Waals surface area contributed by atoms with E-state index in [2.05, 4.69) is 17.9 Å². The molecule has 0 radical (unpaired) electrons. The van der Waals surface area contributed by atoms with Crippen molar-refractivity contribution in [3.63, 3.8) is 0 Å². The summed E-state index contributed by atoms with van der Waals surface area (Å²) in [6.45, 7) is 5.95. The number of nitrogens with two attached hydrogens (primary N) is 1. The second-order valence-corrected chi connectivity index (χ2v) is 5.08. The molecule has 4 nitrogen and oxygen atoms in total. The molecule has 1 saturated heterocycles. The van der Waals surface area contributed by atoms with E-state index in [-0.39, 0.29) is 5.84 Å². The smallest absolute Gasteiger partial charge is 0.122 e. The Kier molecular flexibility index (Phi) is 4.93. The van der Waals surface area contributed by atoms with E-state index in [1.54, 1.807) is 0 Å². The lowest BCUT2D eigenvalue weighted by Gasteiger charge is -2.23. The summed E-state index contributed by atoms with van der Waals surface area (Å²) in [5.74, 6) is 0.129. The second-order valence-electron chi connectivity index (χ2n) is 5.08. The SMILES string of the molecule is CCN(Cc1cccc(C(=N)N)c1)CC1CCCO1. The van der Waals surface area contributed by atoms with Gasteiger partial charge < -0.3 is 10.5 Å². The molecule has 1 heterocycles. The van der Waals surface area contributed by atoms with Crippen LogP contribution in [0.5, 0.6) is 0 Å². The number of amidine groups is 1. The van der Waals surface area contributed by atoms with Crippen LogP contribution in [0, 0.1) is 5.41 Å². The van der Waals surface area contributed by atoms with Gasteiger partial charge in [0.2, 0.25) is 0 Å². The molecule has 19 heavy (non-hydrogen) atoms. The summed E-state index contributed by atoms with van der Waals surface area (Å²) in [6, 6.07) is 7.93. The average Bonchev–Trinajstić information content (AvgIpc) is 2.91. The van der Waals surface area contributed by atoms with Gasteiger partial charge >= 0.3 is 0 Å². The first kappa shape index (κ1) is 14.0. The van der Waals surface area contributed by atoms with Gasteiger partial charge in [0.05, 0.1) is 6.10 Å². The molecule has 1 fully saturated rings. The van der Waals surface area contributed by atoms with Crippen molar-refractivity contribution in [2.75, 3.05) is 19.7 Å². The van der Waals surface area contributed by atoms with Gasteiger partial charge in [-0.05, 0) is 31.0 Å². The van der Waals surface area contributed by atoms with E-state index in [0.717, 1.165) is 31.8 Å². The number of nitrogens with one attached hydrogen (secondary N) is 1. The van der Waals surface area contributed by atoms with Crippen LogP contribution in [0.15, 0.2) is 24.3 Å². The maximum atomic E-state index is 7.48. The molecule has 0 bridgehead atoms. The first-order valence-electron chi connectivity index (χ1n) is 6.96. The van der Waals surface area contributed by atoms with Crippen molar-refractivity contribution in [3.05, 3.63) is 35.4 Å². The zero-order valence-electron chi connectivity index (χ0n) is 11.6. The van der Waals surface area contributed by atoms with Crippen LogP contribution in [0.4, 0.5) is 0 Å². The van der Waals surface area contributed by atoms with Crippen LogP contribution in [0.2, 0.25) is 0 Å². The van der Waals surface area contributed by atoms with Crippen molar-refractivity contribution < 1.29 is 4.74 Å². The molecule has 0 amide bonds. The summed E-state index contributed by atoms with van der Waals surface area (Å²) in [5.41, 5.74) is 7.53. The molecular formula is C15H23N3O. The molecule has 1 aliphatic heterocycles. The number of hydrogen-bond acceptors (Lipinski definition) is 3. The van der Waals surface area contributed by atoms with Crippen molar-refractivity contribution in [1.29, 1.82) is 5.41 Å². The zero-order chi connectivity index (χ0) is 13.7. The van der Waals surface area contributed by atoms with Gasteiger partial charge in [-0.15, -0.1) is 0 Å². The Bertz CT molecular complexity index is 427. The molecule has 1 aromatic rings. The van der Waals surface area contributed by atoms with E-state index in [9.17, 15) is 0 Å². The normalized spacial score (nSPS) is 18.9. The third-order valence-corrected chi connectivity index (χ3v) is 3.58. The second kappa shape index (κ2) is 6.68. The average molecular weight is 261 g/mol. The van der Waals surface area contributed by atoms with Crippen molar-refractivity contribution in [1.82, 2.24) is 4.90 Å². The van der Waals surface area contributed by atoms with Gasteiger partial charge in [-0.1, -0.05) is 25.1 Å². The van der Waals surface area contributed by atoms with Gasteiger partial charge in [0, 0.05) is 25.3 Å². The summed E-state index contributed by atoms with van der Waals surface area (Å²) in [6.07, 6.45) is 2.74. The highest BCUT2D eigenvalue weighted by molar-refractivity contribution is 5.95. The number of rotatable bonds is 6. The Labute approximate surface area is 115 Å². The highest BCUT2D eigenvalue weighted by Gasteiger charge is 2.18. The number of hydrogen-bond donors (Lipinski definition) is 2. The fourth-order valence-electron chi connectivity index (χ4n) is 2.48. The molecule has 3 N–H and O–H groups in total. The Morgan fingerprint density at radius 3 is 3.00 bits per heavy atom. The first-order chi connectivity index (χ1) is 9.19. The summed E-state index contributed by atoms with van der Waals surface area (Å²) in [5, 5.41) is 7.48. The molecule has 4 heteroatoms. The predicted octanol–water partition coefficient (Wildman–Crippen LogP) is 1.97. The fraction of sp³-hybridized carbons (Fsp3) is 0.533. The van der Waals surface area contributed by atoms with Gasteiger partial charge in [0.1, 0.15) is 5.84 Å². The van der Waals surface area contributed by atoms with Gasteiger partial charge in [-0.25, -0.2) is 0 Å². The Balaban J connectivity index is 1.96. The third-order valence-electron chi connectivity index (χ3n) is 3.58. The van der Waals surface area contributed by atoms with Crippen LogP contribution >= 0.6 is 0 Å². The van der Waals surface area contributed by atoms with Crippen molar-refractivity contribution >= 4 is 5.84 Å². The molecule has 0 aromatic heterocycles. The molecule has 104 valence electrons. The lowest BCUT2D eigenvalue weighted by atomic mass is 10.1. The Hall–Kier alpha value is -1.39. The minimum atomic E-state index is 0.129. The molecule has 0 spiro atoms. The quantitative estimate of drug-likeness (QED) is 0.608. The van der Waals surface area contributed by atoms with Crippen molar-refractivity contribution in [2.24, 2.45) is 5.73 Å². The summed E-state index contributed by atoms with van der Waals surface area (Å²) in [4.78, 5) is 2.38. The predicted molar refractivity (Wildman–Crippen MR) is 77.4 cm³/mol. The van der Waals surface area contributed by atoms with Crippen LogP contribution in [0.3, 0.4) is 0 Å². The van der Waals surface area contributed by atoms with E-state index in [1.807, 2.05) is 18.2 Å². The van der Waals surface area contributed by atoms with Crippen LogP contribution in [0.25, 0.3) is 0 Å². The summed E-state index contributed by atoms with van der Waals surface area (Å²) in [7, 11) is 0. The standard InChI is InChI=1S/C15H23N3O/c1-2-18(11-14-7-4-8-19-14)10-12-5-3-6-13(9-12)15(16)17/h3,5-6,9,14H,2,4,7-8,10-11H2,1H3,(H3,16,17). The van der Waals surface area contributed by atoms with Crippen molar-refractivity contribution in [3.8, 4) is 0 Å². The van der Waals surface area contributed by atoms with Gasteiger partial charge in [-0.2, -0.15) is 0 Å². The van der Waals surface area contributed by atoms with E-state index < -0.39 is 0 Å². The van der Waals surface area contributed by atoms with Gasteiger partial charge in [-0.3, -0.25) is 10.3 Å². The van der Waals surface area contributed by atoms with Gasteiger partial charge in [0.25, 0.3) is 0 Å². The highest BCUT2D eigenvalue weighted by Crippen LogP contribution is 2.15. The molecule has 2 rings (SSSR count). The number of benzene rings is 1. The van der Waals surface area contributed by atoms with Crippen LogP contribution < -0.4 is 5.73 Å². The Morgan fingerprint density at radius 2 is 2.37 bits per heavy atom. The summed E-state index contributed by atoms with van der Waals surface area (Å²) >= 11 is 0. The maximum absolute atomic E-state index is 7.48. The minimum Gasteiger partial charge on any atom is -0.384 e. The number of nitrogen functional groups attached to an aromatic ring is 1. The number of ether oxygens (including phenoxy) is 1. The maximum Gasteiger partial charge on any atom is 0.122 e. The van der Waals surface area contributed by atoms with E-state index in [1.165, 1.54) is 18.4 Å². The monoisotopic (exact) mass is 261 g/mol. The number of likely N-dealkylation sites (N-methyl/N-ethyl adjacent to an activating group) is 1. The van der Waals surface area contributed by atoms with Crippen LogP contribution in [0.1, 0.15) is 30.9 Å². The topological polar surface area (TPSA) is 62.3 Å². The van der Waals surface area contributed by atoms with Crippen LogP contribution in [-0.2, 0) is 11.3 Å². The largest absolute Gasteiger partial charge is 0.384 e. The molecular weight excluding hydrogens is 238 g/mol. The van der Waals surface area contributed by atoms with E-state index in [4.69, 9.17) is 15.9 Å². The fourth-order valence-corrected chi connectivity index (χ4v) is 2.48. The first-order valence-corrected chi connectivity index (χ1v) is 6.96. The molecule has 0 aliphatic carbocycles. The van der Waals surface area contributed by atoms with Crippen LogP contribution in [-0.4, -0.2) is 36.5 Å². The zero-order valence-corrected chi connectivity index (χ0v) is 11.6. The lowest BCUT2D eigenvalue weighted by Crippen LogP contribution is -2.31. The summed E-state index contributed by atoms with van der Waals surface area (Å²) < 4.78 is 5.69. The highest BCUT2D eigenvalue weighted by atomic mass is 16.5. The minimum absolute atomic E-state index is 0.129. The molecule has 1 unspecified atom stereocenters. The van der Waals surface area contributed by atoms with Gasteiger partial charge in [0.15, 0.2) is 0 Å². The molecule has 1 aliphatic rings. The lowest BCUT2D eigenvalue weighted by molar-refractivity contribution is 0.0725. The number of nitrogens with zero attached hydrogens (tertiary/aromatic N) is 1. The van der Waals surface area contributed by atoms with E-state index in [0.29, 0.717) is 6.10 Å². The third kappa shape index (κ3) is 4.04. The van der Waals surface area contributed by atoms with Crippen molar-refractivity contribution in [2.45, 2.75) is 32.4 Å². The molecule has 0 saturated carbocycles. The Morgan fingerprint density at radius 1 is 1.53 bits per heavy atom. The molecule has 1 aromatic carbocycles. The molecule has 1 atom stereocenters.